The van der Waals surface area contributed by atoms with E-state index in [1.54, 1.807) is 6.20 Å². The van der Waals surface area contributed by atoms with Crippen molar-refractivity contribution in [3.05, 3.63) is 48.3 Å². The van der Waals surface area contributed by atoms with Gasteiger partial charge in [-0.25, -0.2) is 19.5 Å². The molecule has 180 valence electrons. The van der Waals surface area contributed by atoms with E-state index in [-0.39, 0.29) is 6.04 Å². The summed E-state index contributed by atoms with van der Waals surface area (Å²) >= 11 is 0. The molecule has 1 aliphatic rings. The van der Waals surface area contributed by atoms with Crippen molar-refractivity contribution in [2.75, 3.05) is 36.5 Å². The van der Waals surface area contributed by atoms with Gasteiger partial charge in [-0.05, 0) is 32.4 Å². The lowest BCUT2D eigenvalue weighted by Gasteiger charge is -2.28. The zero-order valence-corrected chi connectivity index (χ0v) is 20.1. The Balaban J connectivity index is 1.39. The van der Waals surface area contributed by atoms with Crippen LogP contribution in [0, 0.1) is 6.92 Å². The highest BCUT2D eigenvalue weighted by Crippen LogP contribution is 2.28. The van der Waals surface area contributed by atoms with Gasteiger partial charge in [-0.15, -0.1) is 5.10 Å². The molecule has 1 saturated heterocycles. The largest absolute Gasteiger partial charge is 0.378 e. The Kier molecular flexibility index (Phi) is 5.33. The second-order valence-electron chi connectivity index (χ2n) is 9.06. The third-order valence-corrected chi connectivity index (χ3v) is 6.31. The zero-order valence-electron chi connectivity index (χ0n) is 20.1. The van der Waals surface area contributed by atoms with Crippen LogP contribution in [0.5, 0.6) is 0 Å². The standard InChI is InChI=1S/C24H28N10O/c1-15(2)33-14-17(11-28-33)19-12-27-24-18(10-21(31-34(19)24)32-6-8-35-9-7-32)26-13-20-29-22-16(3)4-5-25-23(22)30-20/h4-5,10-12,14-15,26H,6-9,13H2,1-3H3,(H,25,29,30). The summed E-state index contributed by atoms with van der Waals surface area (Å²) in [5, 5.41) is 13.0. The lowest BCUT2D eigenvalue weighted by atomic mass is 10.3. The first-order valence-electron chi connectivity index (χ1n) is 11.9. The van der Waals surface area contributed by atoms with Crippen molar-refractivity contribution < 1.29 is 4.74 Å². The predicted molar refractivity (Wildman–Crippen MR) is 134 cm³/mol. The van der Waals surface area contributed by atoms with E-state index in [9.17, 15) is 0 Å². The summed E-state index contributed by atoms with van der Waals surface area (Å²) in [6.45, 7) is 9.73. The van der Waals surface area contributed by atoms with Crippen LogP contribution in [0.3, 0.4) is 0 Å². The molecule has 11 heteroatoms. The number of rotatable bonds is 6. The van der Waals surface area contributed by atoms with Crippen LogP contribution in [-0.2, 0) is 11.3 Å². The van der Waals surface area contributed by atoms with Crippen molar-refractivity contribution in [3.8, 4) is 11.3 Å². The Labute approximate surface area is 202 Å². The molecule has 0 amide bonds. The maximum Gasteiger partial charge on any atom is 0.178 e. The van der Waals surface area contributed by atoms with E-state index in [2.05, 4.69) is 50.2 Å². The Bertz CT molecular complexity index is 1490. The van der Waals surface area contributed by atoms with Crippen LogP contribution in [0.1, 0.15) is 31.3 Å². The van der Waals surface area contributed by atoms with Crippen LogP contribution in [0.2, 0.25) is 0 Å². The molecule has 35 heavy (non-hydrogen) atoms. The van der Waals surface area contributed by atoms with E-state index >= 15 is 0 Å². The van der Waals surface area contributed by atoms with Gasteiger partial charge in [0.05, 0.1) is 49.1 Å². The van der Waals surface area contributed by atoms with E-state index in [0.717, 1.165) is 64.1 Å². The van der Waals surface area contributed by atoms with Crippen LogP contribution in [0.25, 0.3) is 28.1 Å². The van der Waals surface area contributed by atoms with Crippen molar-refractivity contribution in [1.82, 2.24) is 39.3 Å². The molecular weight excluding hydrogens is 444 g/mol. The lowest BCUT2D eigenvalue weighted by Crippen LogP contribution is -2.37. The number of morpholine rings is 1. The molecule has 5 aromatic rings. The fraction of sp³-hybridized carbons (Fsp3) is 0.375. The molecule has 0 atom stereocenters. The fourth-order valence-electron chi connectivity index (χ4n) is 4.33. The minimum Gasteiger partial charge on any atom is -0.378 e. The third kappa shape index (κ3) is 3.97. The molecule has 1 aliphatic heterocycles. The summed E-state index contributed by atoms with van der Waals surface area (Å²) in [6.07, 6.45) is 7.54. The molecule has 5 aromatic heterocycles. The van der Waals surface area contributed by atoms with Crippen molar-refractivity contribution in [1.29, 1.82) is 0 Å². The molecular formula is C24H28N10O. The summed E-state index contributed by atoms with van der Waals surface area (Å²) in [5.41, 5.74) is 6.31. The molecule has 6 rings (SSSR count). The first-order valence-corrected chi connectivity index (χ1v) is 11.9. The molecule has 0 aliphatic carbocycles. The van der Waals surface area contributed by atoms with Gasteiger partial charge in [0.15, 0.2) is 17.1 Å². The van der Waals surface area contributed by atoms with E-state index in [0.29, 0.717) is 19.8 Å². The zero-order chi connectivity index (χ0) is 23.9. The van der Waals surface area contributed by atoms with Crippen LogP contribution < -0.4 is 10.2 Å². The highest BCUT2D eigenvalue weighted by atomic mass is 16.5. The molecule has 2 N–H and O–H groups in total. The van der Waals surface area contributed by atoms with Crippen molar-refractivity contribution in [3.63, 3.8) is 0 Å². The van der Waals surface area contributed by atoms with Gasteiger partial charge in [-0.3, -0.25) is 4.68 Å². The molecule has 6 heterocycles. The number of hydrogen-bond acceptors (Lipinski definition) is 8. The molecule has 0 radical (unpaired) electrons. The number of pyridine rings is 1. The Hall–Kier alpha value is -3.99. The molecule has 0 saturated carbocycles. The number of aryl methyl sites for hydroxylation is 1. The topological polar surface area (TPSA) is 114 Å². The number of aromatic nitrogens is 8. The van der Waals surface area contributed by atoms with Crippen LogP contribution in [0.4, 0.5) is 11.5 Å². The number of imidazole rings is 2. The van der Waals surface area contributed by atoms with Gasteiger partial charge in [-0.1, -0.05) is 0 Å². The van der Waals surface area contributed by atoms with E-state index in [1.807, 2.05) is 40.8 Å². The fourth-order valence-corrected chi connectivity index (χ4v) is 4.33. The summed E-state index contributed by atoms with van der Waals surface area (Å²) < 4.78 is 9.40. The predicted octanol–water partition coefficient (Wildman–Crippen LogP) is 3.20. The highest BCUT2D eigenvalue weighted by Gasteiger charge is 2.19. The van der Waals surface area contributed by atoms with Crippen molar-refractivity contribution >= 4 is 28.3 Å². The van der Waals surface area contributed by atoms with Gasteiger partial charge in [0.25, 0.3) is 0 Å². The SMILES string of the molecule is Cc1ccnc2nc(CNc3cc(N4CCOCC4)nn4c(-c5cnn(C(C)C)c5)cnc34)[nH]c12. The Morgan fingerprint density at radius 3 is 2.80 bits per heavy atom. The van der Waals surface area contributed by atoms with Gasteiger partial charge in [-0.2, -0.15) is 5.10 Å². The van der Waals surface area contributed by atoms with Crippen LogP contribution in [-0.4, -0.2) is 65.6 Å². The van der Waals surface area contributed by atoms with Crippen molar-refractivity contribution in [2.45, 2.75) is 33.4 Å². The number of nitrogens with zero attached hydrogens (tertiary/aromatic N) is 8. The summed E-state index contributed by atoms with van der Waals surface area (Å²) in [5.74, 6) is 1.69. The maximum absolute atomic E-state index is 5.55. The number of ether oxygens (including phenoxy) is 1. The second kappa shape index (κ2) is 8.66. The maximum atomic E-state index is 5.55. The molecule has 0 bridgehead atoms. The normalized spacial score (nSPS) is 14.5. The van der Waals surface area contributed by atoms with Crippen molar-refractivity contribution in [2.24, 2.45) is 0 Å². The third-order valence-electron chi connectivity index (χ3n) is 6.31. The molecule has 1 fully saturated rings. The Morgan fingerprint density at radius 2 is 2.03 bits per heavy atom. The minimum absolute atomic E-state index is 0.277. The highest BCUT2D eigenvalue weighted by molar-refractivity contribution is 5.76. The molecule has 0 spiro atoms. The first kappa shape index (κ1) is 21.5. The molecule has 11 nitrogen and oxygen atoms in total. The van der Waals surface area contributed by atoms with Gasteiger partial charge >= 0.3 is 0 Å². The average molecular weight is 473 g/mol. The monoisotopic (exact) mass is 472 g/mol. The quantitative estimate of drug-likeness (QED) is 0.387. The number of fused-ring (bicyclic) bond motifs is 2. The number of anilines is 2. The van der Waals surface area contributed by atoms with Gasteiger partial charge in [0.2, 0.25) is 0 Å². The van der Waals surface area contributed by atoms with Gasteiger partial charge in [0.1, 0.15) is 5.82 Å². The van der Waals surface area contributed by atoms with E-state index < -0.39 is 0 Å². The number of nitrogens with one attached hydrogen (secondary N) is 2. The van der Waals surface area contributed by atoms with Gasteiger partial charge in [0, 0.05) is 43.2 Å². The second-order valence-corrected chi connectivity index (χ2v) is 9.06. The first-order chi connectivity index (χ1) is 17.1. The lowest BCUT2D eigenvalue weighted by molar-refractivity contribution is 0.122. The number of hydrogen-bond donors (Lipinski definition) is 2. The number of H-pyrrole nitrogens is 1. The van der Waals surface area contributed by atoms with Gasteiger partial charge < -0.3 is 19.9 Å². The number of aromatic amines is 1. The summed E-state index contributed by atoms with van der Waals surface area (Å²) in [7, 11) is 0. The summed E-state index contributed by atoms with van der Waals surface area (Å²) in [6, 6.07) is 4.31. The van der Waals surface area contributed by atoms with Crippen LogP contribution >= 0.6 is 0 Å². The van der Waals surface area contributed by atoms with E-state index in [4.69, 9.17) is 14.8 Å². The Morgan fingerprint density at radius 1 is 1.17 bits per heavy atom. The van der Waals surface area contributed by atoms with Crippen LogP contribution in [0.15, 0.2) is 36.9 Å². The van der Waals surface area contributed by atoms with E-state index in [1.165, 1.54) is 0 Å². The minimum atomic E-state index is 0.277. The smallest absolute Gasteiger partial charge is 0.178 e. The molecule has 0 unspecified atom stereocenters. The average Bonchev–Trinajstić information content (AvgIpc) is 3.61. The summed E-state index contributed by atoms with van der Waals surface area (Å²) in [4.78, 5) is 19.4. The molecule has 0 aromatic carbocycles.